The molecule has 0 bridgehead atoms. The Labute approximate surface area is 149 Å². The van der Waals surface area contributed by atoms with Gasteiger partial charge in [0.05, 0.1) is 17.4 Å². The third-order valence-electron chi connectivity index (χ3n) is 5.38. The molecule has 0 radical (unpaired) electrons. The van der Waals surface area contributed by atoms with Crippen LogP contribution in [0, 0.1) is 0 Å². The van der Waals surface area contributed by atoms with Crippen LogP contribution in [0.1, 0.15) is 54.4 Å². The highest BCUT2D eigenvalue weighted by Gasteiger charge is 2.21. The number of benzene rings is 1. The van der Waals surface area contributed by atoms with E-state index in [-0.39, 0.29) is 5.91 Å². The lowest BCUT2D eigenvalue weighted by molar-refractivity contribution is 0.0933. The average molecular weight is 335 g/mol. The molecular weight excluding hydrogens is 310 g/mol. The maximum absolute atomic E-state index is 12.7. The number of amides is 1. The monoisotopic (exact) mass is 335 g/mol. The van der Waals surface area contributed by atoms with Gasteiger partial charge in [0.15, 0.2) is 0 Å². The molecule has 1 aliphatic heterocycles. The minimum Gasteiger partial charge on any atom is -0.349 e. The molecule has 1 saturated carbocycles. The highest BCUT2D eigenvalue weighted by molar-refractivity contribution is 5.95. The first kappa shape index (κ1) is 16.1. The van der Waals surface area contributed by atoms with Crippen molar-refractivity contribution in [3.8, 4) is 0 Å². The van der Waals surface area contributed by atoms with Gasteiger partial charge in [0.25, 0.3) is 5.91 Å². The molecule has 1 aromatic carbocycles. The number of aromatic nitrogens is 1. The molecule has 4 rings (SSSR count). The van der Waals surface area contributed by atoms with Gasteiger partial charge < -0.3 is 10.2 Å². The first-order valence-corrected chi connectivity index (χ1v) is 9.42. The minimum absolute atomic E-state index is 0.00809. The number of rotatable bonds is 3. The smallest absolute Gasteiger partial charge is 0.253 e. The lowest BCUT2D eigenvalue weighted by Gasteiger charge is -2.20. The molecule has 2 aromatic rings. The number of nitrogens with one attached hydrogen (secondary N) is 1. The lowest BCUT2D eigenvalue weighted by Crippen LogP contribution is -2.34. The second kappa shape index (κ2) is 7.26. The second-order valence-corrected chi connectivity index (χ2v) is 7.12. The molecule has 0 spiro atoms. The number of carbonyl (C=O) groups excluding carboxylic acids is 1. The molecule has 130 valence electrons. The SMILES string of the molecule is O=C(NC1CCCCCC1)c1cncc(N2CCc3ccccc32)c1. The van der Waals surface area contributed by atoms with Gasteiger partial charge in [0.1, 0.15) is 0 Å². The average Bonchev–Trinajstić information content (AvgIpc) is 2.92. The molecule has 2 heterocycles. The van der Waals surface area contributed by atoms with Crippen LogP contribution in [0.2, 0.25) is 0 Å². The number of fused-ring (bicyclic) bond motifs is 1. The van der Waals surface area contributed by atoms with Crippen molar-refractivity contribution in [3.63, 3.8) is 0 Å². The quantitative estimate of drug-likeness (QED) is 0.854. The molecule has 2 aliphatic rings. The first-order chi connectivity index (χ1) is 12.3. The normalized spacial score (nSPS) is 17.8. The zero-order chi connectivity index (χ0) is 17.1. The summed E-state index contributed by atoms with van der Waals surface area (Å²) in [5.74, 6) is 0.00809. The lowest BCUT2D eigenvalue weighted by atomic mass is 10.1. The van der Waals surface area contributed by atoms with Crippen LogP contribution >= 0.6 is 0 Å². The number of hydrogen-bond donors (Lipinski definition) is 1. The van der Waals surface area contributed by atoms with E-state index >= 15 is 0 Å². The Balaban J connectivity index is 1.51. The van der Waals surface area contributed by atoms with E-state index in [2.05, 4.69) is 39.5 Å². The summed E-state index contributed by atoms with van der Waals surface area (Å²) in [5.41, 5.74) is 4.24. The summed E-state index contributed by atoms with van der Waals surface area (Å²) in [4.78, 5) is 19.3. The van der Waals surface area contributed by atoms with Gasteiger partial charge in [-0.25, -0.2) is 0 Å². The van der Waals surface area contributed by atoms with Crippen LogP contribution in [0.3, 0.4) is 0 Å². The Morgan fingerprint density at radius 3 is 2.72 bits per heavy atom. The second-order valence-electron chi connectivity index (χ2n) is 7.12. The zero-order valence-electron chi connectivity index (χ0n) is 14.6. The largest absolute Gasteiger partial charge is 0.349 e. The molecular formula is C21H25N3O. The van der Waals surface area contributed by atoms with Crippen molar-refractivity contribution in [1.82, 2.24) is 10.3 Å². The molecule has 4 nitrogen and oxygen atoms in total. The van der Waals surface area contributed by atoms with Crippen molar-refractivity contribution >= 4 is 17.3 Å². The molecule has 1 aliphatic carbocycles. The minimum atomic E-state index is 0.00809. The Kier molecular flexibility index (Phi) is 4.68. The molecule has 0 atom stereocenters. The fourth-order valence-electron chi connectivity index (χ4n) is 4.00. The molecule has 1 N–H and O–H groups in total. The molecule has 25 heavy (non-hydrogen) atoms. The summed E-state index contributed by atoms with van der Waals surface area (Å²) in [6, 6.07) is 10.7. The zero-order valence-corrected chi connectivity index (χ0v) is 14.6. The molecule has 1 fully saturated rings. The van der Waals surface area contributed by atoms with Crippen molar-refractivity contribution in [2.45, 2.75) is 51.0 Å². The van der Waals surface area contributed by atoms with Gasteiger partial charge in [-0.05, 0) is 37.0 Å². The van der Waals surface area contributed by atoms with Crippen LogP contribution in [0.4, 0.5) is 11.4 Å². The van der Waals surface area contributed by atoms with E-state index in [4.69, 9.17) is 0 Å². The van der Waals surface area contributed by atoms with E-state index in [1.165, 1.54) is 36.9 Å². The highest BCUT2D eigenvalue weighted by atomic mass is 16.1. The van der Waals surface area contributed by atoms with Crippen LogP contribution in [-0.4, -0.2) is 23.5 Å². The third-order valence-corrected chi connectivity index (χ3v) is 5.38. The van der Waals surface area contributed by atoms with Crippen LogP contribution < -0.4 is 10.2 Å². The summed E-state index contributed by atoms with van der Waals surface area (Å²) >= 11 is 0. The van der Waals surface area contributed by atoms with Crippen LogP contribution in [-0.2, 0) is 6.42 Å². The van der Waals surface area contributed by atoms with Crippen molar-refractivity contribution in [1.29, 1.82) is 0 Å². The Hall–Kier alpha value is -2.36. The summed E-state index contributed by atoms with van der Waals surface area (Å²) < 4.78 is 0. The number of para-hydroxylation sites is 1. The molecule has 1 amide bonds. The van der Waals surface area contributed by atoms with E-state index in [1.54, 1.807) is 6.20 Å². The number of hydrogen-bond acceptors (Lipinski definition) is 3. The van der Waals surface area contributed by atoms with E-state index < -0.39 is 0 Å². The van der Waals surface area contributed by atoms with Crippen LogP contribution in [0.5, 0.6) is 0 Å². The number of pyridine rings is 1. The Morgan fingerprint density at radius 1 is 1.08 bits per heavy atom. The molecule has 0 unspecified atom stereocenters. The highest BCUT2D eigenvalue weighted by Crippen LogP contribution is 2.34. The summed E-state index contributed by atoms with van der Waals surface area (Å²) in [6.45, 7) is 0.939. The van der Waals surface area contributed by atoms with Gasteiger partial charge >= 0.3 is 0 Å². The predicted molar refractivity (Wildman–Crippen MR) is 100 cm³/mol. The van der Waals surface area contributed by atoms with E-state index in [1.807, 2.05) is 12.3 Å². The number of carbonyl (C=O) groups is 1. The van der Waals surface area contributed by atoms with Gasteiger partial charge in [0.2, 0.25) is 0 Å². The predicted octanol–water partition coefficient (Wildman–Crippen LogP) is 4.23. The topological polar surface area (TPSA) is 45.2 Å². The van der Waals surface area contributed by atoms with E-state index in [9.17, 15) is 4.79 Å². The molecule has 1 aromatic heterocycles. The van der Waals surface area contributed by atoms with E-state index in [0.717, 1.165) is 31.5 Å². The van der Waals surface area contributed by atoms with Gasteiger partial charge in [-0.15, -0.1) is 0 Å². The van der Waals surface area contributed by atoms with Crippen LogP contribution in [0.15, 0.2) is 42.7 Å². The van der Waals surface area contributed by atoms with Gasteiger partial charge in [-0.1, -0.05) is 43.9 Å². The van der Waals surface area contributed by atoms with E-state index in [0.29, 0.717) is 11.6 Å². The van der Waals surface area contributed by atoms with Gasteiger partial charge in [0, 0.05) is 24.5 Å². The standard InChI is InChI=1S/C21H25N3O/c25-21(23-18-8-3-1-2-4-9-18)17-13-19(15-22-14-17)24-12-11-16-7-5-6-10-20(16)24/h5-7,10,13-15,18H,1-4,8-9,11-12H2,(H,23,25). The Bertz CT molecular complexity index is 750. The third kappa shape index (κ3) is 3.53. The summed E-state index contributed by atoms with van der Waals surface area (Å²) in [7, 11) is 0. The van der Waals surface area contributed by atoms with Gasteiger partial charge in [-0.3, -0.25) is 9.78 Å². The van der Waals surface area contributed by atoms with Crippen molar-refractivity contribution in [3.05, 3.63) is 53.9 Å². The van der Waals surface area contributed by atoms with Crippen LogP contribution in [0.25, 0.3) is 0 Å². The maximum atomic E-state index is 12.7. The van der Waals surface area contributed by atoms with Crippen molar-refractivity contribution < 1.29 is 4.79 Å². The summed E-state index contributed by atoms with van der Waals surface area (Å²) in [6.07, 6.45) is 11.8. The van der Waals surface area contributed by atoms with Gasteiger partial charge in [-0.2, -0.15) is 0 Å². The molecule has 0 saturated heterocycles. The van der Waals surface area contributed by atoms with Crippen molar-refractivity contribution in [2.75, 3.05) is 11.4 Å². The molecule has 4 heteroatoms. The summed E-state index contributed by atoms with van der Waals surface area (Å²) in [5, 5.41) is 3.21. The number of anilines is 2. The Morgan fingerprint density at radius 2 is 1.88 bits per heavy atom. The van der Waals surface area contributed by atoms with Crippen molar-refractivity contribution in [2.24, 2.45) is 0 Å². The first-order valence-electron chi connectivity index (χ1n) is 9.42. The fraction of sp³-hybridized carbons (Fsp3) is 0.429. The maximum Gasteiger partial charge on any atom is 0.253 e. The fourth-order valence-corrected chi connectivity index (χ4v) is 4.00. The number of nitrogens with zero attached hydrogens (tertiary/aromatic N) is 2.